The van der Waals surface area contributed by atoms with Crippen LogP contribution in [0.15, 0.2) is 18.2 Å². The summed E-state index contributed by atoms with van der Waals surface area (Å²) >= 11 is 0. The van der Waals surface area contributed by atoms with Crippen LogP contribution in [0.3, 0.4) is 0 Å². The molecule has 0 aliphatic rings. The molecule has 0 spiro atoms. The Labute approximate surface area is 259 Å². The summed E-state index contributed by atoms with van der Waals surface area (Å²) in [5.74, 6) is -0.727. The van der Waals surface area contributed by atoms with Gasteiger partial charge in [-0.25, -0.2) is 0 Å². The van der Waals surface area contributed by atoms with Crippen LogP contribution in [-0.2, 0) is 42.8 Å². The van der Waals surface area contributed by atoms with Gasteiger partial charge in [-0.2, -0.15) is 0 Å². The van der Waals surface area contributed by atoms with Crippen molar-refractivity contribution in [3.63, 3.8) is 0 Å². The molecule has 44 heavy (non-hydrogen) atoms. The lowest BCUT2D eigenvalue weighted by Crippen LogP contribution is -2.39. The monoisotopic (exact) mass is 625 g/mol. The molecule has 0 heterocycles. The first-order chi connectivity index (χ1) is 21.5. The quantitative estimate of drug-likeness (QED) is 0.0949. The van der Waals surface area contributed by atoms with Crippen molar-refractivity contribution >= 4 is 36.4 Å². The van der Waals surface area contributed by atoms with Crippen LogP contribution in [0.4, 0.5) is 5.69 Å². The zero-order chi connectivity index (χ0) is 32.3. The van der Waals surface area contributed by atoms with Gasteiger partial charge in [0, 0.05) is 39.2 Å². The van der Waals surface area contributed by atoms with Crippen LogP contribution >= 0.6 is 0 Å². The van der Waals surface area contributed by atoms with Gasteiger partial charge in [0.2, 0.25) is 5.91 Å². The molecule has 2 amide bonds. The third-order valence-electron chi connectivity index (χ3n) is 6.18. The molecule has 0 aromatic heterocycles. The Hall–Kier alpha value is -3.27. The Morgan fingerprint density at radius 1 is 0.795 bits per heavy atom. The van der Waals surface area contributed by atoms with Crippen molar-refractivity contribution in [3.05, 3.63) is 29.3 Å². The Morgan fingerprint density at radius 2 is 1.32 bits per heavy atom. The minimum Gasteiger partial charge on any atom is -0.382 e. The maximum Gasteiger partial charge on any atom is 0.255 e. The van der Waals surface area contributed by atoms with Gasteiger partial charge in [0.05, 0.1) is 96.5 Å². The molecule has 248 valence electrons. The molecular weight excluding hydrogens is 578 g/mol. The standard InChI is InChI=1S/C30H47N3O11/c1-31-29(37)8-7-25(23-35)33(2)30(38)26-5-3-6-28(27(26)24-36)32-9-12-40-14-16-42-18-20-44-22-21-43-19-17-41-15-13-39-11-4-10-34/h3,5-6,10,23-25,32H,4,7-9,11-22H2,1-2H3,(H,31,37). The van der Waals surface area contributed by atoms with Gasteiger partial charge >= 0.3 is 0 Å². The van der Waals surface area contributed by atoms with Crippen molar-refractivity contribution < 1.29 is 52.4 Å². The average Bonchev–Trinajstić information content (AvgIpc) is 3.04. The molecule has 0 saturated carbocycles. The SMILES string of the molecule is CNC(=O)CCC(C=O)N(C)C(=O)c1cccc(NCCOCCOCCOCCOCCOCCOCCC=O)c1C=O. The predicted molar refractivity (Wildman–Crippen MR) is 161 cm³/mol. The normalized spacial score (nSPS) is 11.5. The first-order valence-corrected chi connectivity index (χ1v) is 14.6. The van der Waals surface area contributed by atoms with E-state index in [1.54, 1.807) is 12.1 Å². The number of likely N-dealkylation sites (N-methyl/N-ethyl adjacent to an activating group) is 1. The van der Waals surface area contributed by atoms with E-state index in [0.29, 0.717) is 111 Å². The Balaban J connectivity index is 2.16. The van der Waals surface area contributed by atoms with E-state index in [9.17, 15) is 24.0 Å². The van der Waals surface area contributed by atoms with Crippen molar-refractivity contribution in [1.82, 2.24) is 10.2 Å². The van der Waals surface area contributed by atoms with Crippen LogP contribution in [0.2, 0.25) is 0 Å². The number of ether oxygens (including phenoxy) is 6. The van der Waals surface area contributed by atoms with Gasteiger partial charge < -0.3 is 53.5 Å². The number of carbonyl (C=O) groups is 5. The van der Waals surface area contributed by atoms with Gasteiger partial charge in [-0.3, -0.25) is 14.4 Å². The number of hydrogen-bond acceptors (Lipinski definition) is 12. The molecular formula is C30H47N3O11. The van der Waals surface area contributed by atoms with E-state index in [-0.39, 0.29) is 29.9 Å². The second kappa shape index (κ2) is 26.2. The van der Waals surface area contributed by atoms with Crippen LogP contribution in [0.1, 0.15) is 40.0 Å². The average molecular weight is 626 g/mol. The Morgan fingerprint density at radius 3 is 1.80 bits per heavy atom. The minimum absolute atomic E-state index is 0.0926. The molecule has 0 aliphatic heterocycles. The van der Waals surface area contributed by atoms with Crippen LogP contribution in [0, 0.1) is 0 Å². The lowest BCUT2D eigenvalue weighted by molar-refractivity contribution is -0.121. The van der Waals surface area contributed by atoms with E-state index >= 15 is 0 Å². The van der Waals surface area contributed by atoms with Crippen molar-refractivity contribution in [1.29, 1.82) is 0 Å². The Bertz CT molecular complexity index is 964. The zero-order valence-electron chi connectivity index (χ0n) is 25.8. The first-order valence-electron chi connectivity index (χ1n) is 14.6. The summed E-state index contributed by atoms with van der Waals surface area (Å²) in [5.41, 5.74) is 0.801. The third-order valence-corrected chi connectivity index (χ3v) is 6.18. The molecule has 1 aromatic carbocycles. The van der Waals surface area contributed by atoms with Gasteiger partial charge in [-0.05, 0) is 18.6 Å². The van der Waals surface area contributed by atoms with E-state index < -0.39 is 11.9 Å². The molecule has 1 atom stereocenters. The van der Waals surface area contributed by atoms with Crippen LogP contribution in [-0.4, -0.2) is 142 Å². The highest BCUT2D eigenvalue weighted by molar-refractivity contribution is 6.05. The summed E-state index contributed by atoms with van der Waals surface area (Å²) in [4.78, 5) is 59.4. The highest BCUT2D eigenvalue weighted by Crippen LogP contribution is 2.20. The zero-order valence-corrected chi connectivity index (χ0v) is 25.8. The van der Waals surface area contributed by atoms with Crippen LogP contribution in [0.25, 0.3) is 0 Å². The summed E-state index contributed by atoms with van der Waals surface area (Å²) in [7, 11) is 2.97. The molecule has 0 radical (unpaired) electrons. The largest absolute Gasteiger partial charge is 0.382 e. The summed E-state index contributed by atoms with van der Waals surface area (Å²) < 4.78 is 32.4. The van der Waals surface area contributed by atoms with Crippen LogP contribution < -0.4 is 10.6 Å². The second-order valence-corrected chi connectivity index (χ2v) is 9.27. The molecule has 14 nitrogen and oxygen atoms in total. The predicted octanol–water partition coefficient (Wildman–Crippen LogP) is 0.765. The van der Waals surface area contributed by atoms with Gasteiger partial charge in [0.15, 0.2) is 6.29 Å². The molecule has 0 saturated heterocycles. The Kier molecular flexibility index (Phi) is 23.0. The number of nitrogens with one attached hydrogen (secondary N) is 2. The number of hydrogen-bond donors (Lipinski definition) is 2. The fraction of sp³-hybridized carbons (Fsp3) is 0.633. The van der Waals surface area contributed by atoms with Gasteiger partial charge in [-0.1, -0.05) is 6.07 Å². The molecule has 0 fully saturated rings. The van der Waals surface area contributed by atoms with E-state index in [2.05, 4.69) is 10.6 Å². The van der Waals surface area contributed by atoms with Crippen molar-refractivity contribution in [2.45, 2.75) is 25.3 Å². The van der Waals surface area contributed by atoms with Crippen molar-refractivity contribution in [3.8, 4) is 0 Å². The van der Waals surface area contributed by atoms with E-state index in [0.717, 1.165) is 6.29 Å². The molecule has 2 N–H and O–H groups in total. The summed E-state index contributed by atoms with van der Waals surface area (Å²) in [6.07, 6.45) is 2.69. The molecule has 1 rings (SSSR count). The maximum atomic E-state index is 13.1. The van der Waals surface area contributed by atoms with Crippen molar-refractivity contribution in [2.24, 2.45) is 0 Å². The number of anilines is 1. The highest BCUT2D eigenvalue weighted by atomic mass is 16.6. The molecule has 0 bridgehead atoms. The van der Waals surface area contributed by atoms with E-state index in [1.807, 2.05) is 0 Å². The van der Waals surface area contributed by atoms with Crippen LogP contribution in [0.5, 0.6) is 0 Å². The summed E-state index contributed by atoms with van der Waals surface area (Å²) in [5, 5.41) is 5.58. The number of benzene rings is 1. The summed E-state index contributed by atoms with van der Waals surface area (Å²) in [6, 6.07) is 4.05. The number of nitrogens with zero attached hydrogens (tertiary/aromatic N) is 1. The fourth-order valence-corrected chi connectivity index (χ4v) is 3.72. The summed E-state index contributed by atoms with van der Waals surface area (Å²) in [6.45, 7) is 5.49. The molecule has 1 aromatic rings. The number of carbonyl (C=O) groups excluding carboxylic acids is 5. The second-order valence-electron chi connectivity index (χ2n) is 9.27. The highest BCUT2D eigenvalue weighted by Gasteiger charge is 2.24. The molecule has 14 heteroatoms. The number of amides is 2. The van der Waals surface area contributed by atoms with E-state index in [4.69, 9.17) is 28.4 Å². The minimum atomic E-state index is -0.804. The lowest BCUT2D eigenvalue weighted by Gasteiger charge is -2.24. The number of aldehydes is 3. The van der Waals surface area contributed by atoms with Crippen molar-refractivity contribution in [2.75, 3.05) is 105 Å². The van der Waals surface area contributed by atoms with Gasteiger partial charge in [0.1, 0.15) is 12.6 Å². The third kappa shape index (κ3) is 17.1. The lowest BCUT2D eigenvalue weighted by atomic mass is 10.0. The maximum absolute atomic E-state index is 13.1. The smallest absolute Gasteiger partial charge is 0.255 e. The molecule has 1 unspecified atom stereocenters. The fourth-order valence-electron chi connectivity index (χ4n) is 3.72. The van der Waals surface area contributed by atoms with Gasteiger partial charge in [-0.15, -0.1) is 0 Å². The van der Waals surface area contributed by atoms with E-state index in [1.165, 1.54) is 25.1 Å². The topological polar surface area (TPSA) is 168 Å². The molecule has 0 aliphatic carbocycles. The van der Waals surface area contributed by atoms with Gasteiger partial charge in [0.25, 0.3) is 5.91 Å². The number of rotatable bonds is 29. The first kappa shape index (κ1) is 38.8.